The summed E-state index contributed by atoms with van der Waals surface area (Å²) in [6.45, 7) is 5.09. The van der Waals surface area contributed by atoms with Gasteiger partial charge in [0.05, 0.1) is 17.8 Å². The zero-order valence-corrected chi connectivity index (χ0v) is 16.1. The molecule has 1 aromatic carbocycles. The Bertz CT molecular complexity index is 696. The lowest BCUT2D eigenvalue weighted by Gasteiger charge is -2.22. The van der Waals surface area contributed by atoms with Crippen LogP contribution in [-0.4, -0.2) is 58.3 Å². The summed E-state index contributed by atoms with van der Waals surface area (Å²) in [5.74, 6) is 0.877. The maximum Gasteiger partial charge on any atom is 0.226 e. The molecule has 3 rings (SSSR count). The van der Waals surface area contributed by atoms with Crippen LogP contribution in [0.3, 0.4) is 0 Å². The first-order valence-corrected chi connectivity index (χ1v) is 9.92. The predicted molar refractivity (Wildman–Crippen MR) is 97.9 cm³/mol. The number of nitrogens with one attached hydrogen (secondary N) is 1. The Balaban J connectivity index is 0.00000225. The molecule has 2 saturated heterocycles. The molecule has 0 aliphatic carbocycles. The molecule has 2 aliphatic heterocycles. The molecule has 1 unspecified atom stereocenters. The van der Waals surface area contributed by atoms with Crippen LogP contribution in [0.4, 0.5) is 0 Å². The number of nitrogens with zero attached hydrogens (tertiary/aromatic N) is 1. The van der Waals surface area contributed by atoms with Gasteiger partial charge in [0.15, 0.2) is 9.84 Å². The number of benzene rings is 1. The number of carbonyl (C=O) groups excluding carboxylic acids is 1. The standard InChI is InChI=1S/C17H24N2O4S.ClH/c1-12(17(20)19-9-13-7-18-8-14(13)10-19)11-24(21,22)16-5-3-15(23-2)4-6-16;/h3-6,12-14,18H,7-11H2,1-2H3;1H/t12?,13-,14+;. The van der Waals surface area contributed by atoms with E-state index in [4.69, 9.17) is 4.74 Å². The summed E-state index contributed by atoms with van der Waals surface area (Å²) in [4.78, 5) is 14.7. The van der Waals surface area contributed by atoms with Gasteiger partial charge in [-0.05, 0) is 36.1 Å². The second-order valence-electron chi connectivity index (χ2n) is 6.78. The predicted octanol–water partition coefficient (Wildman–Crippen LogP) is 1.20. The summed E-state index contributed by atoms with van der Waals surface area (Å²) < 4.78 is 30.1. The molecule has 2 heterocycles. The van der Waals surface area contributed by atoms with Gasteiger partial charge >= 0.3 is 0 Å². The zero-order chi connectivity index (χ0) is 17.3. The Morgan fingerprint density at radius 3 is 2.32 bits per heavy atom. The molecule has 1 aromatic rings. The number of ether oxygens (including phenoxy) is 1. The Labute approximate surface area is 155 Å². The summed E-state index contributed by atoms with van der Waals surface area (Å²) in [6, 6.07) is 6.29. The highest BCUT2D eigenvalue weighted by molar-refractivity contribution is 7.91. The summed E-state index contributed by atoms with van der Waals surface area (Å²) >= 11 is 0. The van der Waals surface area contributed by atoms with E-state index in [-0.39, 0.29) is 29.0 Å². The van der Waals surface area contributed by atoms with Crippen LogP contribution in [0.1, 0.15) is 6.92 Å². The van der Waals surface area contributed by atoms with Crippen molar-refractivity contribution in [3.8, 4) is 5.75 Å². The Morgan fingerprint density at radius 1 is 1.24 bits per heavy atom. The fourth-order valence-electron chi connectivity index (χ4n) is 3.63. The number of likely N-dealkylation sites (tertiary alicyclic amines) is 1. The van der Waals surface area contributed by atoms with Crippen molar-refractivity contribution >= 4 is 28.2 Å². The minimum Gasteiger partial charge on any atom is -0.497 e. The summed E-state index contributed by atoms with van der Waals surface area (Å²) in [7, 11) is -1.96. The molecule has 6 nitrogen and oxygen atoms in total. The second kappa shape index (κ2) is 7.93. The minimum atomic E-state index is -3.49. The SMILES string of the molecule is COc1ccc(S(=O)(=O)CC(C)C(=O)N2C[C@H]3CNC[C@H]3C2)cc1.Cl. The zero-order valence-electron chi connectivity index (χ0n) is 14.5. The van der Waals surface area contributed by atoms with Crippen LogP contribution in [0.5, 0.6) is 5.75 Å². The fourth-order valence-corrected chi connectivity index (χ4v) is 5.17. The molecule has 0 bridgehead atoms. The van der Waals surface area contributed by atoms with Crippen molar-refractivity contribution in [2.24, 2.45) is 17.8 Å². The molecular weight excluding hydrogens is 364 g/mol. The fraction of sp³-hybridized carbons (Fsp3) is 0.588. The molecule has 2 fully saturated rings. The molecular formula is C17H25ClN2O4S. The number of carbonyl (C=O) groups is 1. The largest absolute Gasteiger partial charge is 0.497 e. The number of fused-ring (bicyclic) bond motifs is 1. The van der Waals surface area contributed by atoms with Crippen LogP contribution < -0.4 is 10.1 Å². The highest BCUT2D eigenvalue weighted by Crippen LogP contribution is 2.28. The topological polar surface area (TPSA) is 75.7 Å². The Morgan fingerprint density at radius 2 is 1.80 bits per heavy atom. The van der Waals surface area contributed by atoms with Gasteiger partial charge in [0.25, 0.3) is 0 Å². The number of methoxy groups -OCH3 is 1. The van der Waals surface area contributed by atoms with Gasteiger partial charge in [0.1, 0.15) is 5.75 Å². The highest BCUT2D eigenvalue weighted by atomic mass is 35.5. The van der Waals surface area contributed by atoms with Gasteiger partial charge in [-0.1, -0.05) is 6.92 Å². The molecule has 25 heavy (non-hydrogen) atoms. The first-order valence-electron chi connectivity index (χ1n) is 8.27. The average molecular weight is 389 g/mol. The molecule has 1 N–H and O–H groups in total. The highest BCUT2D eigenvalue weighted by Gasteiger charge is 2.39. The first kappa shape index (κ1) is 20.0. The maximum absolute atomic E-state index is 12.6. The van der Waals surface area contributed by atoms with Crippen molar-refractivity contribution in [3.63, 3.8) is 0 Å². The lowest BCUT2D eigenvalue weighted by Crippen LogP contribution is -2.37. The summed E-state index contributed by atoms with van der Waals surface area (Å²) in [5, 5.41) is 3.34. The number of hydrogen-bond acceptors (Lipinski definition) is 5. The first-order chi connectivity index (χ1) is 11.4. The third kappa shape index (κ3) is 4.27. The van der Waals surface area contributed by atoms with Crippen molar-refractivity contribution < 1.29 is 17.9 Å². The van der Waals surface area contributed by atoms with Gasteiger partial charge in [0, 0.05) is 32.1 Å². The smallest absolute Gasteiger partial charge is 0.226 e. The third-order valence-corrected chi connectivity index (χ3v) is 6.94. The van der Waals surface area contributed by atoms with Crippen molar-refractivity contribution in [2.75, 3.05) is 39.0 Å². The van der Waals surface area contributed by atoms with E-state index in [1.54, 1.807) is 19.1 Å². The van der Waals surface area contributed by atoms with Gasteiger partial charge in [-0.15, -0.1) is 12.4 Å². The van der Waals surface area contributed by atoms with E-state index in [9.17, 15) is 13.2 Å². The lowest BCUT2D eigenvalue weighted by molar-refractivity contribution is -0.133. The summed E-state index contributed by atoms with van der Waals surface area (Å²) in [6.07, 6.45) is 0. The van der Waals surface area contributed by atoms with E-state index < -0.39 is 15.8 Å². The van der Waals surface area contributed by atoms with Gasteiger partial charge in [-0.2, -0.15) is 0 Å². The van der Waals surface area contributed by atoms with E-state index in [1.165, 1.54) is 19.2 Å². The van der Waals surface area contributed by atoms with Crippen molar-refractivity contribution in [2.45, 2.75) is 11.8 Å². The summed E-state index contributed by atoms with van der Waals surface area (Å²) in [5.41, 5.74) is 0. The van der Waals surface area contributed by atoms with Crippen molar-refractivity contribution in [1.29, 1.82) is 0 Å². The van der Waals surface area contributed by atoms with Gasteiger partial charge in [-0.3, -0.25) is 4.79 Å². The molecule has 2 aliphatic rings. The second-order valence-corrected chi connectivity index (χ2v) is 8.81. The van der Waals surface area contributed by atoms with E-state index >= 15 is 0 Å². The molecule has 0 saturated carbocycles. The van der Waals surface area contributed by atoms with Crippen LogP contribution in [0.25, 0.3) is 0 Å². The van der Waals surface area contributed by atoms with Crippen LogP contribution in [-0.2, 0) is 14.6 Å². The lowest BCUT2D eigenvalue weighted by atomic mass is 10.0. The normalized spacial score (nSPS) is 23.7. The monoisotopic (exact) mass is 388 g/mol. The minimum absolute atomic E-state index is 0. The Kier molecular flexibility index (Phi) is 6.35. The van der Waals surface area contributed by atoms with E-state index in [1.807, 2.05) is 4.90 Å². The number of hydrogen-bond donors (Lipinski definition) is 1. The van der Waals surface area contributed by atoms with Crippen molar-refractivity contribution in [3.05, 3.63) is 24.3 Å². The van der Waals surface area contributed by atoms with E-state index in [0.717, 1.165) is 26.2 Å². The van der Waals surface area contributed by atoms with Crippen LogP contribution in [0.2, 0.25) is 0 Å². The maximum atomic E-state index is 12.6. The van der Waals surface area contributed by atoms with E-state index in [0.29, 0.717) is 17.6 Å². The molecule has 8 heteroatoms. The molecule has 1 amide bonds. The van der Waals surface area contributed by atoms with Crippen LogP contribution in [0.15, 0.2) is 29.2 Å². The van der Waals surface area contributed by atoms with E-state index in [2.05, 4.69) is 5.32 Å². The van der Waals surface area contributed by atoms with Crippen molar-refractivity contribution in [1.82, 2.24) is 10.2 Å². The number of halogens is 1. The van der Waals surface area contributed by atoms with Gasteiger partial charge in [-0.25, -0.2) is 8.42 Å². The Hall–Kier alpha value is -1.31. The molecule has 3 atom stereocenters. The number of amides is 1. The quantitative estimate of drug-likeness (QED) is 0.820. The number of sulfone groups is 1. The molecule has 0 spiro atoms. The molecule has 140 valence electrons. The van der Waals surface area contributed by atoms with Crippen LogP contribution in [0, 0.1) is 17.8 Å². The molecule has 0 radical (unpaired) electrons. The van der Waals surface area contributed by atoms with Crippen LogP contribution >= 0.6 is 12.4 Å². The average Bonchev–Trinajstić information content (AvgIpc) is 3.15. The number of rotatable bonds is 5. The van der Waals surface area contributed by atoms with Gasteiger partial charge < -0.3 is 15.0 Å². The van der Waals surface area contributed by atoms with Gasteiger partial charge in [0.2, 0.25) is 5.91 Å². The molecule has 0 aromatic heterocycles. The third-order valence-electron chi connectivity index (χ3n) is 5.01.